The predicted molar refractivity (Wildman–Crippen MR) is 236 cm³/mol. The molecule has 0 spiro atoms. The van der Waals surface area contributed by atoms with Gasteiger partial charge in [-0.3, -0.25) is 0 Å². The number of hydrogen-bond donors (Lipinski definition) is 0. The molecule has 0 heterocycles. The number of anilines is 6. The fourth-order valence-corrected chi connectivity index (χ4v) is 10.0. The minimum absolute atomic E-state index is 0.251. The van der Waals surface area contributed by atoms with Crippen molar-refractivity contribution in [2.75, 3.05) is 9.80 Å². The van der Waals surface area contributed by atoms with Gasteiger partial charge >= 0.3 is 0 Å². The molecule has 2 aliphatic carbocycles. The van der Waals surface area contributed by atoms with E-state index in [9.17, 15) is 0 Å². The lowest BCUT2D eigenvalue weighted by atomic mass is 9.59. The van der Waals surface area contributed by atoms with Crippen molar-refractivity contribution in [1.29, 1.82) is 0 Å². The van der Waals surface area contributed by atoms with E-state index in [2.05, 4.69) is 189 Å². The molecule has 2 bridgehead atoms. The first-order chi connectivity index (χ1) is 26.9. The quantitative estimate of drug-likeness (QED) is 0.108. The van der Waals surface area contributed by atoms with Crippen LogP contribution in [0.15, 0.2) is 152 Å². The highest BCUT2D eigenvalue weighted by Crippen LogP contribution is 2.55. The standard InChI is InChI=1S/C53H54N2/c1-37(2)40-23-28-45(29-24-40)54(43-17-7-5-8-18-43)51-47-21-11-12-22-48(47)52(55(44-19-9-6-10-20-44)46-30-25-41(26-31-46)38(3)4)50-35-42(27-32-49(50)51)53-33-13-15-39(36-53)16-14-34-53/h5-12,17-32,35,37-39H,13-16,33-34,36H2,1-4H3. The highest BCUT2D eigenvalue weighted by atomic mass is 15.2. The van der Waals surface area contributed by atoms with Gasteiger partial charge in [-0.1, -0.05) is 150 Å². The van der Waals surface area contributed by atoms with Crippen molar-refractivity contribution < 1.29 is 0 Å². The molecule has 2 saturated carbocycles. The van der Waals surface area contributed by atoms with E-state index in [-0.39, 0.29) is 5.41 Å². The van der Waals surface area contributed by atoms with Crippen molar-refractivity contribution in [2.24, 2.45) is 5.92 Å². The Kier molecular flexibility index (Phi) is 9.46. The number of nitrogens with zero attached hydrogens (tertiary/aromatic N) is 2. The van der Waals surface area contributed by atoms with Gasteiger partial charge in [0.25, 0.3) is 0 Å². The van der Waals surface area contributed by atoms with Crippen molar-refractivity contribution in [3.05, 3.63) is 168 Å². The van der Waals surface area contributed by atoms with E-state index in [0.717, 1.165) is 11.6 Å². The Morgan fingerprint density at radius 3 is 1.35 bits per heavy atom. The van der Waals surface area contributed by atoms with Gasteiger partial charge in [-0.25, -0.2) is 0 Å². The molecule has 0 radical (unpaired) electrons. The van der Waals surface area contributed by atoms with E-state index in [4.69, 9.17) is 0 Å². The molecule has 0 unspecified atom stereocenters. The second-order valence-electron chi connectivity index (χ2n) is 17.0. The Bertz CT molecular complexity index is 2400. The minimum atomic E-state index is 0.251. The van der Waals surface area contributed by atoms with E-state index in [0.29, 0.717) is 11.8 Å². The summed E-state index contributed by atoms with van der Waals surface area (Å²) in [6.45, 7) is 9.11. The van der Waals surface area contributed by atoms with Crippen molar-refractivity contribution in [2.45, 2.75) is 89.9 Å². The highest BCUT2D eigenvalue weighted by Gasteiger charge is 2.41. The molecule has 7 aromatic carbocycles. The van der Waals surface area contributed by atoms with Gasteiger partial charge in [0.1, 0.15) is 0 Å². The zero-order valence-corrected chi connectivity index (χ0v) is 33.0. The fourth-order valence-electron chi connectivity index (χ4n) is 10.0. The molecule has 2 aliphatic rings. The topological polar surface area (TPSA) is 6.48 Å². The molecule has 7 aromatic rings. The zero-order valence-electron chi connectivity index (χ0n) is 33.0. The first-order valence-electron chi connectivity index (χ1n) is 20.8. The molecule has 0 aliphatic heterocycles. The Labute approximate surface area is 328 Å². The summed E-state index contributed by atoms with van der Waals surface area (Å²) in [6, 6.07) is 57.4. The second-order valence-corrected chi connectivity index (χ2v) is 17.0. The average molecular weight is 719 g/mol. The number of rotatable bonds is 9. The number of benzene rings is 7. The summed E-state index contributed by atoms with van der Waals surface area (Å²) in [5.74, 6) is 1.79. The van der Waals surface area contributed by atoms with Crippen molar-refractivity contribution in [1.82, 2.24) is 0 Å². The maximum atomic E-state index is 2.64. The third kappa shape index (κ3) is 6.50. The lowest BCUT2D eigenvalue weighted by Gasteiger charge is -2.46. The summed E-state index contributed by atoms with van der Waals surface area (Å²) in [7, 11) is 0. The number of para-hydroxylation sites is 2. The van der Waals surface area contributed by atoms with Crippen LogP contribution in [0.25, 0.3) is 21.5 Å². The van der Waals surface area contributed by atoms with Gasteiger partial charge in [-0.05, 0) is 114 Å². The molecule has 276 valence electrons. The van der Waals surface area contributed by atoms with Crippen LogP contribution in [0, 0.1) is 5.92 Å². The Hall–Kier alpha value is -5.34. The number of fused-ring (bicyclic) bond motifs is 4. The Balaban J connectivity index is 1.39. The maximum absolute atomic E-state index is 2.64. The smallest absolute Gasteiger partial charge is 0.0620 e. The molecule has 9 rings (SSSR count). The van der Waals surface area contributed by atoms with E-state index in [1.54, 1.807) is 0 Å². The van der Waals surface area contributed by atoms with Gasteiger partial charge in [-0.2, -0.15) is 0 Å². The van der Waals surface area contributed by atoms with Crippen LogP contribution in [0.1, 0.15) is 101 Å². The van der Waals surface area contributed by atoms with Gasteiger partial charge in [0.2, 0.25) is 0 Å². The van der Waals surface area contributed by atoms with E-state index >= 15 is 0 Å². The average Bonchev–Trinajstić information content (AvgIpc) is 3.22. The third-order valence-corrected chi connectivity index (χ3v) is 12.9. The minimum Gasteiger partial charge on any atom is -0.309 e. The normalized spacial score (nSPS) is 18.3. The molecule has 0 saturated heterocycles. The molecule has 2 nitrogen and oxygen atoms in total. The first kappa shape index (κ1) is 35.4. The summed E-state index contributed by atoms with van der Waals surface area (Å²) < 4.78 is 0. The zero-order chi connectivity index (χ0) is 37.5. The molecule has 2 heteroatoms. The van der Waals surface area contributed by atoms with E-state index in [1.807, 2.05) is 0 Å². The van der Waals surface area contributed by atoms with Crippen LogP contribution in [0.2, 0.25) is 0 Å². The van der Waals surface area contributed by atoms with Crippen LogP contribution in [0.3, 0.4) is 0 Å². The predicted octanol–water partition coefficient (Wildman–Crippen LogP) is 15.8. The van der Waals surface area contributed by atoms with Crippen molar-refractivity contribution in [3.8, 4) is 0 Å². The third-order valence-electron chi connectivity index (χ3n) is 12.9. The molecular formula is C53H54N2. The van der Waals surface area contributed by atoms with Crippen LogP contribution in [0.4, 0.5) is 34.1 Å². The van der Waals surface area contributed by atoms with E-state index in [1.165, 1.54) is 112 Å². The van der Waals surface area contributed by atoms with Crippen LogP contribution >= 0.6 is 0 Å². The van der Waals surface area contributed by atoms with Crippen LogP contribution in [-0.2, 0) is 5.41 Å². The first-order valence-corrected chi connectivity index (χ1v) is 20.8. The SMILES string of the molecule is CC(C)c1ccc(N(c2ccccc2)c2c3ccccc3c(N(c3ccccc3)c3ccc(C(C)C)cc3)c3cc(C45CCCC(CCC4)C5)ccc23)cc1. The van der Waals surface area contributed by atoms with Crippen LogP contribution in [-0.4, -0.2) is 0 Å². The largest absolute Gasteiger partial charge is 0.309 e. The lowest BCUT2D eigenvalue weighted by molar-refractivity contribution is 0.149. The molecule has 0 N–H and O–H groups in total. The molecule has 0 atom stereocenters. The summed E-state index contributed by atoms with van der Waals surface area (Å²) in [4.78, 5) is 5.05. The van der Waals surface area contributed by atoms with Gasteiger partial charge in [0.05, 0.1) is 11.4 Å². The Morgan fingerprint density at radius 1 is 0.455 bits per heavy atom. The second kappa shape index (κ2) is 14.7. The van der Waals surface area contributed by atoms with Crippen LogP contribution in [0.5, 0.6) is 0 Å². The van der Waals surface area contributed by atoms with Gasteiger partial charge in [-0.15, -0.1) is 0 Å². The van der Waals surface area contributed by atoms with Gasteiger partial charge < -0.3 is 9.80 Å². The van der Waals surface area contributed by atoms with Crippen molar-refractivity contribution >= 4 is 55.7 Å². The number of hydrogen-bond acceptors (Lipinski definition) is 2. The van der Waals surface area contributed by atoms with Gasteiger partial charge in [0, 0.05) is 44.3 Å². The monoisotopic (exact) mass is 718 g/mol. The summed E-state index contributed by atoms with van der Waals surface area (Å²) >= 11 is 0. The van der Waals surface area contributed by atoms with E-state index < -0.39 is 0 Å². The van der Waals surface area contributed by atoms with Crippen LogP contribution < -0.4 is 9.80 Å². The summed E-state index contributed by atoms with van der Waals surface area (Å²) in [5.41, 5.74) is 11.7. The summed E-state index contributed by atoms with van der Waals surface area (Å²) in [6.07, 6.45) is 9.38. The fraction of sp³-hybridized carbons (Fsp3) is 0.283. The Morgan fingerprint density at radius 2 is 0.873 bits per heavy atom. The van der Waals surface area contributed by atoms with Gasteiger partial charge in [0.15, 0.2) is 0 Å². The molecule has 0 aromatic heterocycles. The molecular weight excluding hydrogens is 665 g/mol. The lowest BCUT2D eigenvalue weighted by Crippen LogP contribution is -2.36. The maximum Gasteiger partial charge on any atom is 0.0620 e. The molecule has 55 heavy (non-hydrogen) atoms. The van der Waals surface area contributed by atoms with Crippen molar-refractivity contribution in [3.63, 3.8) is 0 Å². The molecule has 2 fully saturated rings. The highest BCUT2D eigenvalue weighted by molar-refractivity contribution is 6.23. The summed E-state index contributed by atoms with van der Waals surface area (Å²) in [5, 5.41) is 5.07. The molecule has 0 amide bonds.